The van der Waals surface area contributed by atoms with Gasteiger partial charge in [0.2, 0.25) is 0 Å². The summed E-state index contributed by atoms with van der Waals surface area (Å²) < 4.78 is 18.8. The minimum absolute atomic E-state index is 0.135. The summed E-state index contributed by atoms with van der Waals surface area (Å²) in [5.41, 5.74) is 1.79. The lowest BCUT2D eigenvalue weighted by Gasteiger charge is -2.08. The molecule has 4 rings (SSSR count). The van der Waals surface area contributed by atoms with Crippen LogP contribution in [0.15, 0.2) is 65.8 Å². The summed E-state index contributed by atoms with van der Waals surface area (Å²) in [6, 6.07) is 8.34. The van der Waals surface area contributed by atoms with E-state index < -0.39 is 11.7 Å². The summed E-state index contributed by atoms with van der Waals surface area (Å²) in [6.07, 6.45) is 6.67. The van der Waals surface area contributed by atoms with Crippen molar-refractivity contribution in [1.29, 1.82) is 0 Å². The summed E-state index contributed by atoms with van der Waals surface area (Å²) in [4.78, 5) is 24.2. The molecular formula is C19H11ClFN5O2. The molecular weight excluding hydrogens is 385 g/mol. The van der Waals surface area contributed by atoms with Crippen LogP contribution in [0, 0.1) is 5.82 Å². The van der Waals surface area contributed by atoms with Crippen LogP contribution >= 0.6 is 11.6 Å². The Kier molecular flexibility index (Phi) is 4.77. The molecule has 0 aliphatic carbocycles. The van der Waals surface area contributed by atoms with Gasteiger partial charge in [-0.05, 0) is 24.3 Å². The fraction of sp³-hybridized carbons (Fsp3) is 0. The fourth-order valence-electron chi connectivity index (χ4n) is 2.51. The van der Waals surface area contributed by atoms with E-state index in [2.05, 4.69) is 25.4 Å². The smallest absolute Gasteiger partial charge is 0.259 e. The van der Waals surface area contributed by atoms with Crippen LogP contribution in [0.3, 0.4) is 0 Å². The largest absolute Gasteiger partial charge is 0.356 e. The number of rotatable bonds is 4. The lowest BCUT2D eigenvalue weighted by Crippen LogP contribution is -2.15. The number of aromatic nitrogens is 4. The number of hydrogen-bond acceptors (Lipinski definition) is 6. The molecule has 28 heavy (non-hydrogen) atoms. The molecule has 0 unspecified atom stereocenters. The molecule has 1 aromatic carbocycles. The number of carbonyl (C=O) groups is 1. The SMILES string of the molecule is O=C(Nc1cnc(-c2cc(-c3ccno3)ccc2Cl)cn1)c1ccncc1F. The van der Waals surface area contributed by atoms with E-state index >= 15 is 0 Å². The van der Waals surface area contributed by atoms with Gasteiger partial charge in [-0.2, -0.15) is 0 Å². The van der Waals surface area contributed by atoms with Gasteiger partial charge in [-0.1, -0.05) is 16.8 Å². The van der Waals surface area contributed by atoms with Crippen molar-refractivity contribution in [1.82, 2.24) is 20.1 Å². The van der Waals surface area contributed by atoms with E-state index in [-0.39, 0.29) is 11.4 Å². The average Bonchev–Trinajstić information content (AvgIpc) is 3.24. The van der Waals surface area contributed by atoms with Crippen LogP contribution in [-0.4, -0.2) is 26.0 Å². The Hall–Kier alpha value is -3.65. The quantitative estimate of drug-likeness (QED) is 0.555. The van der Waals surface area contributed by atoms with Crippen molar-refractivity contribution in [3.05, 3.63) is 77.7 Å². The van der Waals surface area contributed by atoms with Crippen LogP contribution in [0.1, 0.15) is 10.4 Å². The highest BCUT2D eigenvalue weighted by Gasteiger charge is 2.14. The third-order valence-corrected chi connectivity index (χ3v) is 4.20. The lowest BCUT2D eigenvalue weighted by molar-refractivity contribution is 0.102. The zero-order valence-corrected chi connectivity index (χ0v) is 14.9. The highest BCUT2D eigenvalue weighted by molar-refractivity contribution is 6.33. The molecule has 3 heterocycles. The van der Waals surface area contributed by atoms with E-state index in [4.69, 9.17) is 16.1 Å². The highest BCUT2D eigenvalue weighted by atomic mass is 35.5. The van der Waals surface area contributed by atoms with Crippen LogP contribution in [0.5, 0.6) is 0 Å². The maximum atomic E-state index is 13.6. The Morgan fingerprint density at radius 1 is 1.07 bits per heavy atom. The van der Waals surface area contributed by atoms with Gasteiger partial charge in [-0.25, -0.2) is 9.37 Å². The van der Waals surface area contributed by atoms with Crippen LogP contribution in [0.2, 0.25) is 5.02 Å². The summed E-state index contributed by atoms with van der Waals surface area (Å²) in [7, 11) is 0. The number of pyridine rings is 1. The molecule has 1 amide bonds. The molecule has 0 fully saturated rings. The van der Waals surface area contributed by atoms with Crippen molar-refractivity contribution in [3.63, 3.8) is 0 Å². The molecule has 0 bridgehead atoms. The van der Waals surface area contributed by atoms with E-state index in [1.54, 1.807) is 30.5 Å². The number of amides is 1. The van der Waals surface area contributed by atoms with Gasteiger partial charge < -0.3 is 9.84 Å². The lowest BCUT2D eigenvalue weighted by atomic mass is 10.1. The third kappa shape index (κ3) is 3.58. The van der Waals surface area contributed by atoms with Gasteiger partial charge in [0.05, 0.1) is 41.1 Å². The average molecular weight is 396 g/mol. The first-order valence-corrected chi connectivity index (χ1v) is 8.43. The van der Waals surface area contributed by atoms with Gasteiger partial charge in [0.1, 0.15) is 0 Å². The van der Waals surface area contributed by atoms with Crippen LogP contribution < -0.4 is 5.32 Å². The van der Waals surface area contributed by atoms with Crippen molar-refractivity contribution in [2.45, 2.75) is 0 Å². The van der Waals surface area contributed by atoms with Gasteiger partial charge in [0.25, 0.3) is 5.91 Å². The van der Waals surface area contributed by atoms with Crippen LogP contribution in [0.4, 0.5) is 10.2 Å². The Morgan fingerprint density at radius 3 is 2.68 bits per heavy atom. The van der Waals surface area contributed by atoms with E-state index in [9.17, 15) is 9.18 Å². The zero-order valence-electron chi connectivity index (χ0n) is 14.1. The van der Waals surface area contributed by atoms with E-state index in [0.717, 1.165) is 11.8 Å². The van der Waals surface area contributed by atoms with Gasteiger partial charge in [-0.3, -0.25) is 14.8 Å². The molecule has 0 saturated carbocycles. The predicted octanol–water partition coefficient (Wildman–Crippen LogP) is 4.24. The summed E-state index contributed by atoms with van der Waals surface area (Å²) in [5, 5.41) is 6.66. The number of hydrogen-bond donors (Lipinski definition) is 1. The molecule has 0 aliphatic rings. The molecule has 7 nitrogen and oxygen atoms in total. The molecule has 0 radical (unpaired) electrons. The van der Waals surface area contributed by atoms with Crippen LogP contribution in [-0.2, 0) is 0 Å². The number of anilines is 1. The molecule has 0 atom stereocenters. The van der Waals surface area contributed by atoms with Gasteiger partial charge in [0.15, 0.2) is 17.4 Å². The summed E-state index contributed by atoms with van der Waals surface area (Å²) in [5.74, 6) is -0.602. The molecule has 0 aliphatic heterocycles. The van der Waals surface area contributed by atoms with Crippen molar-refractivity contribution < 1.29 is 13.7 Å². The second-order valence-electron chi connectivity index (χ2n) is 5.67. The standard InChI is InChI=1S/C19H11ClFN5O2/c20-14-2-1-11(17-4-6-25-28-17)7-13(14)16-9-24-18(10-23-16)26-19(27)12-3-5-22-8-15(12)21/h1-10H,(H,24,26,27). The number of halogens is 2. The maximum Gasteiger partial charge on any atom is 0.259 e. The minimum Gasteiger partial charge on any atom is -0.356 e. The third-order valence-electron chi connectivity index (χ3n) is 3.88. The zero-order chi connectivity index (χ0) is 19.5. The molecule has 138 valence electrons. The number of nitrogens with zero attached hydrogens (tertiary/aromatic N) is 4. The van der Waals surface area contributed by atoms with Crippen molar-refractivity contribution in [2.75, 3.05) is 5.32 Å². The Balaban J connectivity index is 1.58. The number of carbonyl (C=O) groups excluding carboxylic acids is 1. The van der Waals surface area contributed by atoms with Gasteiger partial charge in [0, 0.05) is 23.4 Å². The van der Waals surface area contributed by atoms with E-state index in [0.29, 0.717) is 22.0 Å². The summed E-state index contributed by atoms with van der Waals surface area (Å²) in [6.45, 7) is 0. The Bertz CT molecular complexity index is 1130. The number of nitrogens with one attached hydrogen (secondary N) is 1. The number of benzene rings is 1. The van der Waals surface area contributed by atoms with Crippen molar-refractivity contribution >= 4 is 23.3 Å². The normalized spacial score (nSPS) is 10.6. The molecule has 3 aromatic heterocycles. The molecule has 0 spiro atoms. The second kappa shape index (κ2) is 7.53. The monoisotopic (exact) mass is 395 g/mol. The van der Waals surface area contributed by atoms with Crippen molar-refractivity contribution in [2.24, 2.45) is 0 Å². The Labute approximate surface area is 163 Å². The van der Waals surface area contributed by atoms with Gasteiger partial charge >= 0.3 is 0 Å². The highest BCUT2D eigenvalue weighted by Crippen LogP contribution is 2.31. The van der Waals surface area contributed by atoms with E-state index in [1.165, 1.54) is 24.7 Å². The topological polar surface area (TPSA) is 93.8 Å². The first kappa shape index (κ1) is 17.7. The Morgan fingerprint density at radius 2 is 1.96 bits per heavy atom. The molecule has 4 aromatic rings. The minimum atomic E-state index is -0.722. The van der Waals surface area contributed by atoms with E-state index in [1.807, 2.05) is 0 Å². The fourth-order valence-corrected chi connectivity index (χ4v) is 2.73. The van der Waals surface area contributed by atoms with Crippen LogP contribution in [0.25, 0.3) is 22.6 Å². The molecule has 0 saturated heterocycles. The van der Waals surface area contributed by atoms with Gasteiger partial charge in [-0.15, -0.1) is 0 Å². The molecule has 1 N–H and O–H groups in total. The first-order chi connectivity index (χ1) is 13.6. The predicted molar refractivity (Wildman–Crippen MR) is 100 cm³/mol. The maximum absolute atomic E-state index is 13.6. The molecule has 9 heteroatoms. The second-order valence-corrected chi connectivity index (χ2v) is 6.08. The van der Waals surface area contributed by atoms with Crippen molar-refractivity contribution in [3.8, 4) is 22.6 Å². The first-order valence-electron chi connectivity index (χ1n) is 8.06. The summed E-state index contributed by atoms with van der Waals surface area (Å²) >= 11 is 6.28.